The van der Waals surface area contributed by atoms with Crippen molar-refractivity contribution in [1.82, 2.24) is 0 Å². The zero-order chi connectivity index (χ0) is 12.0. The van der Waals surface area contributed by atoms with Gasteiger partial charge in [0.2, 0.25) is 0 Å². The second kappa shape index (κ2) is 7.20. The smallest absolute Gasteiger partial charge is 0.0530 e. The largest absolute Gasteiger partial charge is 0.379 e. The molecule has 0 fully saturated rings. The second-order valence-electron chi connectivity index (χ2n) is 3.78. The average Bonchev–Trinajstić information content (AvgIpc) is 2.24. The van der Waals surface area contributed by atoms with Crippen molar-refractivity contribution in [1.29, 1.82) is 0 Å². The molecule has 0 amide bonds. The van der Waals surface area contributed by atoms with Gasteiger partial charge < -0.3 is 4.74 Å². The number of rotatable bonds is 6. The highest BCUT2D eigenvalue weighted by Crippen LogP contribution is 2.15. The first-order valence-corrected chi connectivity index (χ1v) is 7.46. The van der Waals surface area contributed by atoms with E-state index in [2.05, 4.69) is 15.9 Å². The van der Waals surface area contributed by atoms with Crippen LogP contribution in [0.25, 0.3) is 0 Å². The predicted molar refractivity (Wildman–Crippen MR) is 71.1 cm³/mol. The van der Waals surface area contributed by atoms with E-state index in [0.717, 1.165) is 15.8 Å². The summed E-state index contributed by atoms with van der Waals surface area (Å²) < 4.78 is 18.3. The topological polar surface area (TPSA) is 26.3 Å². The van der Waals surface area contributed by atoms with E-state index in [-0.39, 0.29) is 6.10 Å². The molecular weight excluding hydrogens is 288 g/mol. The lowest BCUT2D eigenvalue weighted by molar-refractivity contribution is 0.0798. The van der Waals surface area contributed by atoms with Gasteiger partial charge in [-0.1, -0.05) is 22.0 Å². The minimum atomic E-state index is -0.918. The van der Waals surface area contributed by atoms with Gasteiger partial charge in [0.25, 0.3) is 0 Å². The third-order valence-corrected chi connectivity index (χ3v) is 3.92. The third-order valence-electron chi connectivity index (χ3n) is 1.98. The Morgan fingerprint density at radius 3 is 2.81 bits per heavy atom. The van der Waals surface area contributed by atoms with E-state index in [9.17, 15) is 4.21 Å². The van der Waals surface area contributed by atoms with Crippen LogP contribution in [0.5, 0.6) is 0 Å². The molecule has 90 valence electrons. The van der Waals surface area contributed by atoms with Gasteiger partial charge in [-0.25, -0.2) is 0 Å². The summed E-state index contributed by atoms with van der Waals surface area (Å²) in [4.78, 5) is 0.874. The maximum absolute atomic E-state index is 11.9. The summed E-state index contributed by atoms with van der Waals surface area (Å²) in [5.41, 5.74) is 0. The van der Waals surface area contributed by atoms with E-state index in [1.165, 1.54) is 0 Å². The molecule has 2 nitrogen and oxygen atoms in total. The second-order valence-corrected chi connectivity index (χ2v) is 6.27. The molecular formula is C12H17BrO2S. The molecule has 1 atom stereocenters. The highest BCUT2D eigenvalue weighted by Gasteiger charge is 2.04. The first-order valence-electron chi connectivity index (χ1n) is 5.35. The summed E-state index contributed by atoms with van der Waals surface area (Å²) >= 11 is 3.37. The van der Waals surface area contributed by atoms with Gasteiger partial charge in [0.15, 0.2) is 0 Å². The monoisotopic (exact) mass is 304 g/mol. The number of ether oxygens (including phenoxy) is 1. The maximum Gasteiger partial charge on any atom is 0.0530 e. The molecule has 1 aromatic carbocycles. The minimum Gasteiger partial charge on any atom is -0.379 e. The van der Waals surface area contributed by atoms with E-state index in [4.69, 9.17) is 4.74 Å². The van der Waals surface area contributed by atoms with E-state index < -0.39 is 10.8 Å². The fraction of sp³-hybridized carbons (Fsp3) is 0.500. The van der Waals surface area contributed by atoms with Gasteiger partial charge in [0, 0.05) is 21.7 Å². The van der Waals surface area contributed by atoms with E-state index in [1.54, 1.807) is 0 Å². The standard InChI is InChI=1S/C12H17BrO2S/c1-10(2)15-7-4-8-16(14)12-6-3-5-11(13)9-12/h3,5-6,9-10H,4,7-8H2,1-2H3/t16-/m1/s1. The van der Waals surface area contributed by atoms with Crippen molar-refractivity contribution < 1.29 is 8.95 Å². The van der Waals surface area contributed by atoms with E-state index >= 15 is 0 Å². The van der Waals surface area contributed by atoms with Crippen LogP contribution < -0.4 is 0 Å². The molecule has 4 heteroatoms. The number of halogens is 1. The third kappa shape index (κ3) is 5.23. The Labute approximate surface area is 108 Å². The van der Waals surface area contributed by atoms with E-state index in [1.807, 2.05) is 38.1 Å². The molecule has 0 saturated heterocycles. The van der Waals surface area contributed by atoms with Gasteiger partial charge >= 0.3 is 0 Å². The van der Waals surface area contributed by atoms with Crippen LogP contribution in [-0.4, -0.2) is 22.7 Å². The molecule has 0 aliphatic rings. The quantitative estimate of drug-likeness (QED) is 0.753. The first kappa shape index (κ1) is 13.9. The fourth-order valence-electron chi connectivity index (χ4n) is 1.24. The maximum atomic E-state index is 11.9. The van der Waals surface area contributed by atoms with Crippen molar-refractivity contribution in [2.75, 3.05) is 12.4 Å². The zero-order valence-electron chi connectivity index (χ0n) is 9.61. The Hall–Kier alpha value is -0.190. The lowest BCUT2D eigenvalue weighted by Crippen LogP contribution is -2.07. The Balaban J connectivity index is 2.35. The van der Waals surface area contributed by atoms with Gasteiger partial charge in [-0.3, -0.25) is 4.21 Å². The van der Waals surface area contributed by atoms with Crippen LogP contribution in [0.3, 0.4) is 0 Å². The van der Waals surface area contributed by atoms with Crippen LogP contribution in [0.1, 0.15) is 20.3 Å². The Morgan fingerprint density at radius 1 is 1.44 bits per heavy atom. The molecule has 0 heterocycles. The highest BCUT2D eigenvalue weighted by molar-refractivity contribution is 9.10. The molecule has 0 spiro atoms. The Morgan fingerprint density at radius 2 is 2.19 bits per heavy atom. The molecule has 0 unspecified atom stereocenters. The van der Waals surface area contributed by atoms with Crippen LogP contribution in [0, 0.1) is 0 Å². The van der Waals surface area contributed by atoms with Gasteiger partial charge in [-0.15, -0.1) is 0 Å². The van der Waals surface area contributed by atoms with Crippen LogP contribution >= 0.6 is 15.9 Å². The summed E-state index contributed by atoms with van der Waals surface area (Å²) in [6.45, 7) is 4.69. The number of hydrogen-bond acceptors (Lipinski definition) is 2. The Bertz CT molecular complexity index is 353. The minimum absolute atomic E-state index is 0.249. The Kier molecular flexibility index (Phi) is 6.24. The van der Waals surface area contributed by atoms with Crippen molar-refractivity contribution in [3.63, 3.8) is 0 Å². The van der Waals surface area contributed by atoms with Crippen LogP contribution in [-0.2, 0) is 15.5 Å². The molecule has 0 aliphatic heterocycles. The van der Waals surface area contributed by atoms with Crippen molar-refractivity contribution in [3.05, 3.63) is 28.7 Å². The lowest BCUT2D eigenvalue weighted by Gasteiger charge is -2.07. The van der Waals surface area contributed by atoms with Gasteiger partial charge in [0.05, 0.1) is 16.9 Å². The predicted octanol–water partition coefficient (Wildman–Crippen LogP) is 3.37. The van der Waals surface area contributed by atoms with Gasteiger partial charge in [0.1, 0.15) is 0 Å². The summed E-state index contributed by atoms with van der Waals surface area (Å²) in [6, 6.07) is 7.63. The SMILES string of the molecule is CC(C)OCCC[S@@](=O)c1cccc(Br)c1. The number of hydrogen-bond donors (Lipinski definition) is 0. The van der Waals surface area contributed by atoms with Gasteiger partial charge in [-0.2, -0.15) is 0 Å². The van der Waals surface area contributed by atoms with Crippen LogP contribution in [0.4, 0.5) is 0 Å². The molecule has 1 rings (SSSR count). The molecule has 1 aromatic rings. The summed E-state index contributed by atoms with van der Waals surface area (Å²) in [5, 5.41) is 0. The van der Waals surface area contributed by atoms with Crippen molar-refractivity contribution in [2.24, 2.45) is 0 Å². The van der Waals surface area contributed by atoms with Crippen molar-refractivity contribution >= 4 is 26.7 Å². The zero-order valence-corrected chi connectivity index (χ0v) is 12.0. The highest BCUT2D eigenvalue weighted by atomic mass is 79.9. The van der Waals surface area contributed by atoms with Gasteiger partial charge in [-0.05, 0) is 38.5 Å². The summed E-state index contributed by atoms with van der Waals surface area (Å²) in [7, 11) is -0.918. The van der Waals surface area contributed by atoms with E-state index in [0.29, 0.717) is 12.4 Å². The lowest BCUT2D eigenvalue weighted by atomic mass is 10.4. The average molecular weight is 305 g/mol. The van der Waals surface area contributed by atoms with Crippen molar-refractivity contribution in [3.8, 4) is 0 Å². The van der Waals surface area contributed by atoms with Crippen LogP contribution in [0.15, 0.2) is 33.6 Å². The normalized spacial score (nSPS) is 13.0. The summed E-state index contributed by atoms with van der Waals surface area (Å²) in [5.74, 6) is 0.656. The number of benzene rings is 1. The first-order chi connectivity index (χ1) is 7.59. The fourth-order valence-corrected chi connectivity index (χ4v) is 2.89. The molecule has 0 radical (unpaired) electrons. The van der Waals surface area contributed by atoms with Crippen LogP contribution in [0.2, 0.25) is 0 Å². The summed E-state index contributed by atoms with van der Waals surface area (Å²) in [6.07, 6.45) is 1.08. The molecule has 0 bridgehead atoms. The molecule has 0 aliphatic carbocycles. The molecule has 16 heavy (non-hydrogen) atoms. The molecule has 0 aromatic heterocycles. The van der Waals surface area contributed by atoms with Crippen molar-refractivity contribution in [2.45, 2.75) is 31.3 Å². The molecule has 0 N–H and O–H groups in total. The molecule has 0 saturated carbocycles.